The molecule has 0 aromatic carbocycles. The third-order valence-corrected chi connectivity index (χ3v) is 15.0. The number of hydrogen-bond acceptors (Lipinski definition) is 26. The van der Waals surface area contributed by atoms with E-state index in [1.54, 1.807) is 80.4 Å². The van der Waals surface area contributed by atoms with Gasteiger partial charge in [0.25, 0.3) is 11.1 Å². The minimum Gasteiger partial charge on any atom is -0.506 e. The number of esters is 7. The largest absolute Gasteiger partial charge is 0.506 e. The van der Waals surface area contributed by atoms with Crippen molar-refractivity contribution in [1.82, 2.24) is 15.0 Å². The van der Waals surface area contributed by atoms with Gasteiger partial charge in [-0.15, -0.1) is 56.7 Å². The Bertz CT molecular complexity index is 3670. The van der Waals surface area contributed by atoms with Crippen LogP contribution in [0.1, 0.15) is 99.3 Å². The lowest BCUT2D eigenvalue weighted by atomic mass is 10.2. The number of aromatic amines is 2. The molecule has 0 aliphatic heterocycles. The predicted octanol–water partition coefficient (Wildman–Crippen LogP) is 10.9. The Morgan fingerprint density at radius 1 is 0.553 bits per heavy atom. The molecule has 0 spiro atoms. The molecule has 0 radical (unpaired) electrons. The number of nitrogen functional groups attached to an aromatic ring is 1. The molecule has 0 aliphatic rings. The molecule has 0 aliphatic carbocycles. The summed E-state index contributed by atoms with van der Waals surface area (Å²) in [6.07, 6.45) is -0.720. The molecule has 8 aromatic heterocycles. The first kappa shape index (κ1) is 71.8. The number of H-pyrrole nitrogens is 2. The smallest absolute Gasteiger partial charge is 0.347 e. The Morgan fingerprint density at radius 2 is 0.988 bits per heavy atom. The van der Waals surface area contributed by atoms with Gasteiger partial charge in [-0.3, -0.25) is 28.8 Å². The van der Waals surface area contributed by atoms with Crippen molar-refractivity contribution < 1.29 is 81.4 Å². The van der Waals surface area contributed by atoms with Crippen molar-refractivity contribution in [3.8, 4) is 5.75 Å². The number of ether oxygens (including phenoxy) is 7. The maximum Gasteiger partial charge on any atom is 0.347 e. The van der Waals surface area contributed by atoms with Gasteiger partial charge in [0.05, 0.1) is 73.8 Å². The summed E-state index contributed by atoms with van der Waals surface area (Å²) in [5, 5.41) is 23.6. The van der Waals surface area contributed by atoms with Crippen LogP contribution in [0.3, 0.4) is 0 Å². The van der Waals surface area contributed by atoms with Gasteiger partial charge in [0.15, 0.2) is 5.56 Å². The van der Waals surface area contributed by atoms with E-state index < -0.39 is 58.1 Å². The number of hydrogen-bond donors (Lipinski definition) is 5. The second-order valence-corrected chi connectivity index (χ2v) is 21.4. The zero-order valence-corrected chi connectivity index (χ0v) is 52.7. The fourth-order valence-corrected chi connectivity index (χ4v) is 11.2. The Hall–Kier alpha value is -7.48. The lowest BCUT2D eigenvalue weighted by Gasteiger charge is -2.06. The number of pyridine rings is 3. The molecule has 33 heteroatoms. The van der Waals surface area contributed by atoms with Crippen molar-refractivity contribution in [2.24, 2.45) is 0 Å². The van der Waals surface area contributed by atoms with Gasteiger partial charge in [0, 0.05) is 10.8 Å². The lowest BCUT2D eigenvalue weighted by Crippen LogP contribution is -2.20. The average molecular weight is 1350 g/mol. The molecule has 6 N–H and O–H groups in total. The molecule has 8 heterocycles. The van der Waals surface area contributed by atoms with Crippen LogP contribution in [0, 0.1) is 0 Å². The molecule has 0 atom stereocenters. The fourth-order valence-electron chi connectivity index (χ4n) is 6.18. The highest BCUT2D eigenvalue weighted by molar-refractivity contribution is 7.17. The monoisotopic (exact) mass is 1350 g/mol. The maximum atomic E-state index is 11.6. The molecular formula is C52H51Cl4N5O19S5. The molecule has 0 saturated carbocycles. The molecule has 0 bridgehead atoms. The second-order valence-electron chi connectivity index (χ2n) is 15.3. The SMILES string of the molecule is CCOC(=O)CC(=O)Cl.CCOC(=O)CC(=O)Nc1sccc1C(=O)OC.CCOC(=O)c1c(Cl)c2ccsc2[nH]c1=O.CCOC(=O)c1c(Cl)nc2sccc2c1Cl.CCOC(=O)c1c(O)c2ccsc2[nH]c1=O.COC(=O)c1ccsc1N. The van der Waals surface area contributed by atoms with Gasteiger partial charge in [0.2, 0.25) is 11.1 Å². The number of nitrogens with two attached hydrogens (primary N) is 1. The summed E-state index contributed by atoms with van der Waals surface area (Å²) in [7, 11) is 2.59. The Kier molecular flexibility index (Phi) is 30.7. The van der Waals surface area contributed by atoms with E-state index in [-0.39, 0.29) is 90.0 Å². The van der Waals surface area contributed by atoms with Gasteiger partial charge in [-0.05, 0) is 103 Å². The number of amides is 1. The molecule has 0 saturated heterocycles. The number of fused-ring (bicyclic) bond motifs is 3. The van der Waals surface area contributed by atoms with Crippen molar-refractivity contribution in [3.63, 3.8) is 0 Å². The van der Waals surface area contributed by atoms with Gasteiger partial charge in [-0.2, -0.15) is 0 Å². The maximum absolute atomic E-state index is 11.6. The van der Waals surface area contributed by atoms with Gasteiger partial charge in [0.1, 0.15) is 59.4 Å². The summed E-state index contributed by atoms with van der Waals surface area (Å²) in [6.45, 7) is 9.47. The molecule has 1 amide bonds. The van der Waals surface area contributed by atoms with E-state index >= 15 is 0 Å². The molecule has 0 unspecified atom stereocenters. The Morgan fingerprint density at radius 3 is 1.52 bits per heavy atom. The zero-order chi connectivity index (χ0) is 63.5. The molecular weight excluding hydrogens is 1300 g/mol. The molecule has 8 rings (SSSR count). The number of rotatable bonds is 15. The predicted molar refractivity (Wildman–Crippen MR) is 327 cm³/mol. The molecule has 8 aromatic rings. The topological polar surface area (TPSA) is 355 Å². The normalized spacial score (nSPS) is 10.1. The second kappa shape index (κ2) is 36.4. The Labute approximate surface area is 521 Å². The van der Waals surface area contributed by atoms with Gasteiger partial charge < -0.3 is 59.3 Å². The third-order valence-electron chi connectivity index (χ3n) is 9.75. The van der Waals surface area contributed by atoms with E-state index in [1.165, 1.54) is 77.0 Å². The lowest BCUT2D eigenvalue weighted by molar-refractivity contribution is -0.146. The van der Waals surface area contributed by atoms with Crippen molar-refractivity contribution in [1.29, 1.82) is 0 Å². The summed E-state index contributed by atoms with van der Waals surface area (Å²) in [4.78, 5) is 134. The van der Waals surface area contributed by atoms with E-state index in [4.69, 9.17) is 66.3 Å². The summed E-state index contributed by atoms with van der Waals surface area (Å²) in [5.41, 5.74) is 4.67. The quantitative estimate of drug-likeness (QED) is 0.0209. The Balaban J connectivity index is 0.000000271. The van der Waals surface area contributed by atoms with Crippen molar-refractivity contribution >= 4 is 197 Å². The number of thiophene rings is 5. The van der Waals surface area contributed by atoms with Gasteiger partial charge >= 0.3 is 41.8 Å². The zero-order valence-electron chi connectivity index (χ0n) is 45.6. The number of anilines is 2. The van der Waals surface area contributed by atoms with Gasteiger partial charge in [-0.1, -0.05) is 34.8 Å². The minimum atomic E-state index is -0.811. The highest BCUT2D eigenvalue weighted by Gasteiger charge is 2.23. The van der Waals surface area contributed by atoms with E-state index in [2.05, 4.69) is 39.2 Å². The van der Waals surface area contributed by atoms with Crippen LogP contribution in [0.5, 0.6) is 5.75 Å². The highest BCUT2D eigenvalue weighted by Crippen LogP contribution is 2.34. The van der Waals surface area contributed by atoms with Crippen LogP contribution in [0.4, 0.5) is 10.0 Å². The molecule has 85 heavy (non-hydrogen) atoms. The fraction of sp³-hybridized carbons (Fsp3) is 0.269. The van der Waals surface area contributed by atoms with E-state index in [0.29, 0.717) is 45.9 Å². The number of carbonyl (C=O) groups is 9. The summed E-state index contributed by atoms with van der Waals surface area (Å²) in [6, 6.07) is 8.37. The first-order chi connectivity index (χ1) is 40.4. The first-order valence-electron chi connectivity index (χ1n) is 24.2. The van der Waals surface area contributed by atoms with Crippen LogP contribution >= 0.6 is 103 Å². The number of nitrogens with one attached hydrogen (secondary N) is 3. The molecule has 24 nitrogen and oxygen atoms in total. The van der Waals surface area contributed by atoms with Crippen molar-refractivity contribution in [3.05, 3.63) is 121 Å². The number of aromatic hydroxyl groups is 1. The molecule has 0 fully saturated rings. The highest BCUT2D eigenvalue weighted by atomic mass is 35.5. The average Bonchev–Trinajstić information content (AvgIpc) is 4.42. The van der Waals surface area contributed by atoms with Crippen LogP contribution in [0.2, 0.25) is 15.2 Å². The number of halogens is 4. The van der Waals surface area contributed by atoms with E-state index in [9.17, 15) is 57.8 Å². The third kappa shape index (κ3) is 21.2. The van der Waals surface area contributed by atoms with E-state index in [1.807, 2.05) is 5.38 Å². The minimum absolute atomic E-state index is 0.0819. The van der Waals surface area contributed by atoms with E-state index in [0.717, 1.165) is 5.39 Å². The molecule has 456 valence electrons. The van der Waals surface area contributed by atoms with Crippen LogP contribution in [-0.2, 0) is 52.3 Å². The number of nitrogens with zero attached hydrogens (tertiary/aromatic N) is 1. The number of aromatic nitrogens is 3. The first-order valence-corrected chi connectivity index (χ1v) is 30.1. The van der Waals surface area contributed by atoms with Crippen LogP contribution in [-0.4, -0.2) is 120 Å². The number of methoxy groups -OCH3 is 2. The summed E-state index contributed by atoms with van der Waals surface area (Å²) in [5.74, 6) is -4.99. The standard InChI is InChI=1S/C11H13NO5S.C10H7Cl2NO2S.C10H8ClNO3S.C10H9NO4S.C6H7NO2S.C5H7ClO3/c1-3-17-9(14)6-8(13)12-10-7(4-5-18-10)11(15)16-2;1-2-15-10(14)6-7(11)5-3-4-16-9(5)13-8(6)12;1-2-15-10(14)6-7(11)5-3-4-16-9(5)12-8(6)13;1-2-15-10(14)6-7(12)5-3-4-16-9(5)11-8(6)13;1-9-6(8)4-2-3-10-5(4)7;1-2-9-5(8)3-4(6)7/h4-5H,3,6H2,1-2H3,(H,12,13);3-4H,2H2,1H3;3-4H,2H2,1H3,(H,12,13);3-4H,2H2,1H3,(H2,11,12,13);2-3H,7H2,1H3;2-3H2,1H3. The van der Waals surface area contributed by atoms with Crippen molar-refractivity contribution in [2.45, 2.75) is 47.5 Å². The van der Waals surface area contributed by atoms with Gasteiger partial charge in [-0.25, -0.2) is 29.0 Å². The van der Waals surface area contributed by atoms with Crippen molar-refractivity contribution in [2.75, 3.05) is 58.3 Å². The van der Waals surface area contributed by atoms with Crippen LogP contribution in [0.25, 0.3) is 30.6 Å². The van der Waals surface area contributed by atoms with Crippen LogP contribution in [0.15, 0.2) is 66.8 Å². The summed E-state index contributed by atoms with van der Waals surface area (Å²) < 4.78 is 32.4. The number of carbonyl (C=O) groups excluding carboxylic acids is 9. The summed E-state index contributed by atoms with van der Waals surface area (Å²) >= 11 is 29.4. The van der Waals surface area contributed by atoms with Crippen LogP contribution < -0.4 is 22.2 Å².